The molecule has 4 heterocycles. The number of aryl methyl sites for hydroxylation is 1. The van der Waals surface area contributed by atoms with Crippen molar-refractivity contribution < 1.29 is 9.53 Å². The highest BCUT2D eigenvalue weighted by Gasteiger charge is 2.38. The number of carbonyl (C=O) groups is 1. The lowest BCUT2D eigenvalue weighted by Crippen LogP contribution is -2.49. The number of hydrogen-bond acceptors (Lipinski definition) is 7. The fraction of sp³-hybridized carbons (Fsp3) is 0.345. The zero-order valence-electron chi connectivity index (χ0n) is 22.3. The second-order valence-corrected chi connectivity index (χ2v) is 11.0. The van der Waals surface area contributed by atoms with Crippen LogP contribution in [0.3, 0.4) is 0 Å². The molecule has 5 rings (SSSR count). The van der Waals surface area contributed by atoms with Gasteiger partial charge in [0, 0.05) is 37.2 Å². The van der Waals surface area contributed by atoms with Crippen molar-refractivity contribution in [2.24, 2.45) is 0 Å². The first kappa shape index (κ1) is 25.2. The van der Waals surface area contributed by atoms with Crippen LogP contribution < -0.4 is 10.2 Å². The van der Waals surface area contributed by atoms with Gasteiger partial charge in [-0.05, 0) is 70.4 Å². The summed E-state index contributed by atoms with van der Waals surface area (Å²) in [5.74, 6) is 0.663. The number of benzene rings is 1. The number of anilines is 1. The van der Waals surface area contributed by atoms with Gasteiger partial charge in [-0.25, -0.2) is 14.8 Å². The van der Waals surface area contributed by atoms with Gasteiger partial charge in [0.1, 0.15) is 11.4 Å². The van der Waals surface area contributed by atoms with Gasteiger partial charge >= 0.3 is 6.09 Å². The summed E-state index contributed by atoms with van der Waals surface area (Å²) in [6, 6.07) is 11.7. The predicted octanol–water partition coefficient (Wildman–Crippen LogP) is 5.36. The van der Waals surface area contributed by atoms with Crippen molar-refractivity contribution >= 4 is 22.9 Å². The van der Waals surface area contributed by atoms with E-state index in [0.717, 1.165) is 39.9 Å². The van der Waals surface area contributed by atoms with E-state index in [1.807, 2.05) is 65.1 Å². The number of pyridine rings is 2. The van der Waals surface area contributed by atoms with Gasteiger partial charge in [0.2, 0.25) is 0 Å². The Labute approximate surface area is 221 Å². The van der Waals surface area contributed by atoms with Gasteiger partial charge in [0.05, 0.1) is 33.9 Å². The maximum atomic E-state index is 12.6. The number of H-pyrrole nitrogens is 1. The molecule has 9 nitrogen and oxygen atoms in total. The van der Waals surface area contributed by atoms with Crippen molar-refractivity contribution in [3.63, 3.8) is 0 Å². The molecule has 1 aromatic carbocycles. The van der Waals surface area contributed by atoms with Gasteiger partial charge in [0.25, 0.3) is 0 Å². The van der Waals surface area contributed by atoms with Crippen molar-refractivity contribution in [3.05, 3.63) is 60.0 Å². The van der Waals surface area contributed by atoms with E-state index in [1.165, 1.54) is 0 Å². The fourth-order valence-corrected chi connectivity index (χ4v) is 4.90. The second-order valence-electron chi connectivity index (χ2n) is 11.0. The minimum absolute atomic E-state index is 0.433. The average molecular weight is 510 g/mol. The summed E-state index contributed by atoms with van der Waals surface area (Å²) in [6.45, 7) is 10.9. The summed E-state index contributed by atoms with van der Waals surface area (Å²) in [6.07, 6.45) is 5.67. The highest BCUT2D eigenvalue weighted by Crippen LogP contribution is 2.41. The van der Waals surface area contributed by atoms with Gasteiger partial charge in [-0.1, -0.05) is 12.1 Å². The Kier molecular flexibility index (Phi) is 6.27. The van der Waals surface area contributed by atoms with Gasteiger partial charge in [0.15, 0.2) is 5.65 Å². The van der Waals surface area contributed by atoms with Crippen LogP contribution in [0, 0.1) is 18.3 Å². The van der Waals surface area contributed by atoms with Crippen molar-refractivity contribution in [2.45, 2.75) is 52.2 Å². The SMILES string of the molecule is Cc1ccnc2nc(-c3cncc(-c4cccc(C#N)c4)c3N3CC[C@](C)(NC(=O)OC(C)(C)C)C3)[nH]c12. The van der Waals surface area contributed by atoms with Gasteiger partial charge in [-0.2, -0.15) is 5.26 Å². The number of amides is 1. The third-order valence-corrected chi connectivity index (χ3v) is 6.67. The average Bonchev–Trinajstić information content (AvgIpc) is 3.47. The molecule has 1 amide bonds. The Hall–Kier alpha value is -4.45. The lowest BCUT2D eigenvalue weighted by Gasteiger charge is -2.30. The fourth-order valence-electron chi connectivity index (χ4n) is 4.90. The van der Waals surface area contributed by atoms with E-state index in [1.54, 1.807) is 18.5 Å². The molecular weight excluding hydrogens is 478 g/mol. The molecule has 0 radical (unpaired) electrons. The van der Waals surface area contributed by atoms with Gasteiger partial charge < -0.3 is 19.9 Å². The summed E-state index contributed by atoms with van der Waals surface area (Å²) < 4.78 is 5.53. The monoisotopic (exact) mass is 509 g/mol. The zero-order valence-corrected chi connectivity index (χ0v) is 22.3. The van der Waals surface area contributed by atoms with E-state index in [2.05, 4.69) is 31.2 Å². The molecule has 38 heavy (non-hydrogen) atoms. The van der Waals surface area contributed by atoms with E-state index in [9.17, 15) is 10.1 Å². The van der Waals surface area contributed by atoms with Crippen molar-refractivity contribution in [3.8, 4) is 28.6 Å². The number of nitriles is 1. The summed E-state index contributed by atoms with van der Waals surface area (Å²) in [5, 5.41) is 12.6. The molecule has 0 aliphatic carbocycles. The largest absolute Gasteiger partial charge is 0.444 e. The number of hydrogen-bond donors (Lipinski definition) is 2. The van der Waals surface area contributed by atoms with E-state index >= 15 is 0 Å². The number of aromatic nitrogens is 4. The molecule has 9 heteroatoms. The molecule has 0 unspecified atom stereocenters. The van der Waals surface area contributed by atoms with E-state index in [4.69, 9.17) is 9.72 Å². The number of nitrogens with one attached hydrogen (secondary N) is 2. The van der Waals surface area contributed by atoms with Crippen LogP contribution in [0.25, 0.3) is 33.7 Å². The van der Waals surface area contributed by atoms with Crippen molar-refractivity contribution in [1.29, 1.82) is 5.26 Å². The van der Waals surface area contributed by atoms with Gasteiger partial charge in [-0.15, -0.1) is 0 Å². The standard InChI is InChI=1S/C29H31N7O2/c1-18-9-11-32-26-23(18)33-25(34-26)22-16-31-15-21(20-8-6-7-19(13-20)14-30)24(22)36-12-10-29(5,17-36)35-27(37)38-28(2,3)4/h6-9,11,13,15-16H,10,12,17H2,1-5H3,(H,35,37)(H,32,33,34)/t29-/m0/s1. The molecule has 4 aromatic rings. The molecule has 0 spiro atoms. The lowest BCUT2D eigenvalue weighted by atomic mass is 9.99. The summed E-state index contributed by atoms with van der Waals surface area (Å²) in [5.41, 5.74) is 5.58. The molecule has 0 bridgehead atoms. The minimum atomic E-state index is -0.580. The van der Waals surface area contributed by atoms with E-state index in [0.29, 0.717) is 30.1 Å². The van der Waals surface area contributed by atoms with Crippen LogP contribution in [0.5, 0.6) is 0 Å². The topological polar surface area (TPSA) is 120 Å². The molecular formula is C29H31N7O2. The van der Waals surface area contributed by atoms with E-state index < -0.39 is 17.2 Å². The highest BCUT2D eigenvalue weighted by atomic mass is 16.6. The molecule has 2 N–H and O–H groups in total. The molecule has 0 saturated carbocycles. The van der Waals surface area contributed by atoms with Crippen molar-refractivity contribution in [2.75, 3.05) is 18.0 Å². The third kappa shape index (κ3) is 5.02. The van der Waals surface area contributed by atoms with Crippen LogP contribution in [-0.4, -0.2) is 50.3 Å². The maximum Gasteiger partial charge on any atom is 0.408 e. The third-order valence-electron chi connectivity index (χ3n) is 6.67. The normalized spacial score (nSPS) is 17.4. The van der Waals surface area contributed by atoms with Crippen LogP contribution in [0.2, 0.25) is 0 Å². The Balaban J connectivity index is 1.60. The Morgan fingerprint density at radius 3 is 2.76 bits per heavy atom. The minimum Gasteiger partial charge on any atom is -0.444 e. The molecule has 3 aromatic heterocycles. The summed E-state index contributed by atoms with van der Waals surface area (Å²) in [4.78, 5) is 32.1. The van der Waals surface area contributed by atoms with Gasteiger partial charge in [-0.3, -0.25) is 4.98 Å². The van der Waals surface area contributed by atoms with Crippen LogP contribution in [-0.2, 0) is 4.74 Å². The number of aromatic amines is 1. The van der Waals surface area contributed by atoms with E-state index in [-0.39, 0.29) is 0 Å². The number of rotatable bonds is 4. The molecule has 1 atom stereocenters. The molecule has 1 aliphatic rings. The first-order chi connectivity index (χ1) is 18.0. The first-order valence-corrected chi connectivity index (χ1v) is 12.6. The Morgan fingerprint density at radius 2 is 2.03 bits per heavy atom. The summed E-state index contributed by atoms with van der Waals surface area (Å²) in [7, 11) is 0. The number of carbonyl (C=O) groups excluding carboxylic acids is 1. The van der Waals surface area contributed by atoms with Crippen LogP contribution in [0.1, 0.15) is 45.2 Å². The van der Waals surface area contributed by atoms with Crippen LogP contribution in [0.15, 0.2) is 48.9 Å². The molecule has 194 valence electrons. The number of ether oxygens (including phenoxy) is 1. The zero-order chi connectivity index (χ0) is 27.1. The molecule has 1 aliphatic heterocycles. The Morgan fingerprint density at radius 1 is 1.24 bits per heavy atom. The van der Waals surface area contributed by atoms with Crippen molar-refractivity contribution in [1.82, 2.24) is 25.3 Å². The smallest absolute Gasteiger partial charge is 0.408 e. The summed E-state index contributed by atoms with van der Waals surface area (Å²) >= 11 is 0. The molecule has 1 fully saturated rings. The number of fused-ring (bicyclic) bond motifs is 1. The quantitative estimate of drug-likeness (QED) is 0.380. The number of alkyl carbamates (subject to hydrolysis) is 1. The van der Waals surface area contributed by atoms with Crippen LogP contribution >= 0.6 is 0 Å². The molecule has 1 saturated heterocycles. The maximum absolute atomic E-state index is 12.6. The Bertz CT molecular complexity index is 1560. The second kappa shape index (κ2) is 9.45. The first-order valence-electron chi connectivity index (χ1n) is 12.6. The predicted molar refractivity (Wildman–Crippen MR) is 147 cm³/mol. The number of nitrogens with zero attached hydrogens (tertiary/aromatic N) is 5. The lowest BCUT2D eigenvalue weighted by molar-refractivity contribution is 0.0473. The number of imidazole rings is 1. The highest BCUT2D eigenvalue weighted by molar-refractivity contribution is 5.91. The van der Waals surface area contributed by atoms with Crippen LogP contribution in [0.4, 0.5) is 10.5 Å².